The first-order valence-corrected chi connectivity index (χ1v) is 6.45. The molecular weight excluding hydrogens is 224 g/mol. The van der Waals surface area contributed by atoms with Gasteiger partial charge in [-0.15, -0.1) is 0 Å². The van der Waals surface area contributed by atoms with Crippen LogP contribution in [0.15, 0.2) is 41.3 Å². The van der Waals surface area contributed by atoms with E-state index in [2.05, 4.69) is 0 Å². The van der Waals surface area contributed by atoms with Crippen molar-refractivity contribution in [3.63, 3.8) is 0 Å². The van der Waals surface area contributed by atoms with Crippen molar-refractivity contribution in [2.45, 2.75) is 18.2 Å². The molecule has 1 N–H and O–H groups in total. The molecular formula is C12H12O3S. The first-order chi connectivity index (χ1) is 7.52. The van der Waals surface area contributed by atoms with Gasteiger partial charge in [-0.3, -0.25) is 4.55 Å². The maximum Gasteiger partial charge on any atom is 0.295 e. The Kier molecular flexibility index (Phi) is 2.69. The molecule has 0 amide bonds. The summed E-state index contributed by atoms with van der Waals surface area (Å²) in [5.74, 6) is 0. The highest BCUT2D eigenvalue weighted by Crippen LogP contribution is 2.24. The molecule has 0 atom stereocenters. The van der Waals surface area contributed by atoms with Crippen LogP contribution in [-0.2, 0) is 16.5 Å². The zero-order valence-electron chi connectivity index (χ0n) is 8.84. The smallest absolute Gasteiger partial charge is 0.282 e. The largest absolute Gasteiger partial charge is 0.295 e. The number of fused-ring (bicyclic) bond motifs is 1. The highest BCUT2D eigenvalue weighted by Gasteiger charge is 2.13. The Morgan fingerprint density at radius 1 is 1.19 bits per heavy atom. The summed E-state index contributed by atoms with van der Waals surface area (Å²) in [6.07, 6.45) is 0.829. The molecule has 0 aliphatic carbocycles. The van der Waals surface area contributed by atoms with E-state index >= 15 is 0 Å². The first-order valence-electron chi connectivity index (χ1n) is 5.01. The highest BCUT2D eigenvalue weighted by atomic mass is 32.2. The molecule has 0 saturated carbocycles. The van der Waals surface area contributed by atoms with Crippen LogP contribution in [0.25, 0.3) is 10.8 Å². The van der Waals surface area contributed by atoms with E-state index in [0.717, 1.165) is 17.4 Å². The molecule has 0 aliphatic heterocycles. The van der Waals surface area contributed by atoms with Gasteiger partial charge in [0.1, 0.15) is 4.90 Å². The Morgan fingerprint density at radius 3 is 2.56 bits per heavy atom. The molecule has 84 valence electrons. The standard InChI is InChI=1S/C12H12O3S/c1-2-9-6-7-10-4-3-5-12(11(10)8-9)16(13,14)15/h3-8H,2H2,1H3,(H,13,14,15). The fourth-order valence-electron chi connectivity index (χ4n) is 1.74. The SMILES string of the molecule is CCc1ccc2cccc(S(=O)(=O)O)c2c1. The summed E-state index contributed by atoms with van der Waals surface area (Å²) < 4.78 is 31.5. The molecule has 0 fully saturated rings. The predicted molar refractivity (Wildman–Crippen MR) is 63.1 cm³/mol. The highest BCUT2D eigenvalue weighted by molar-refractivity contribution is 7.86. The molecule has 0 unspecified atom stereocenters. The van der Waals surface area contributed by atoms with Gasteiger partial charge in [0.15, 0.2) is 0 Å². The fraction of sp³-hybridized carbons (Fsp3) is 0.167. The molecule has 0 heterocycles. The molecule has 2 aromatic rings. The average Bonchev–Trinajstić information content (AvgIpc) is 2.26. The third-order valence-electron chi connectivity index (χ3n) is 2.59. The van der Waals surface area contributed by atoms with Crippen LogP contribution < -0.4 is 0 Å². The zero-order chi connectivity index (χ0) is 11.8. The van der Waals surface area contributed by atoms with E-state index in [0.29, 0.717) is 5.39 Å². The quantitative estimate of drug-likeness (QED) is 0.815. The van der Waals surface area contributed by atoms with Gasteiger partial charge in [-0.1, -0.05) is 31.2 Å². The first kappa shape index (κ1) is 11.1. The van der Waals surface area contributed by atoms with Crippen LogP contribution in [0.4, 0.5) is 0 Å². The second-order valence-corrected chi connectivity index (χ2v) is 5.03. The lowest BCUT2D eigenvalue weighted by atomic mass is 10.1. The molecule has 0 saturated heterocycles. The van der Waals surface area contributed by atoms with Crippen molar-refractivity contribution in [1.82, 2.24) is 0 Å². The summed E-state index contributed by atoms with van der Waals surface area (Å²) in [5.41, 5.74) is 1.05. The van der Waals surface area contributed by atoms with Gasteiger partial charge in [0.2, 0.25) is 0 Å². The normalized spacial score (nSPS) is 11.9. The Hall–Kier alpha value is -1.39. The van der Waals surface area contributed by atoms with Crippen molar-refractivity contribution in [3.8, 4) is 0 Å². The van der Waals surface area contributed by atoms with Crippen LogP contribution in [0.1, 0.15) is 12.5 Å². The van der Waals surface area contributed by atoms with Gasteiger partial charge >= 0.3 is 0 Å². The number of benzene rings is 2. The van der Waals surface area contributed by atoms with Gasteiger partial charge < -0.3 is 0 Å². The predicted octanol–water partition coefficient (Wildman–Crippen LogP) is 2.65. The fourth-order valence-corrected chi connectivity index (χ4v) is 2.44. The summed E-state index contributed by atoms with van der Waals surface area (Å²) >= 11 is 0. The lowest BCUT2D eigenvalue weighted by molar-refractivity contribution is 0.484. The van der Waals surface area contributed by atoms with Gasteiger partial charge in [0, 0.05) is 5.39 Å². The molecule has 2 rings (SSSR count). The molecule has 4 heteroatoms. The molecule has 16 heavy (non-hydrogen) atoms. The lowest BCUT2D eigenvalue weighted by Crippen LogP contribution is -1.99. The molecule has 0 aromatic heterocycles. The zero-order valence-corrected chi connectivity index (χ0v) is 9.66. The van der Waals surface area contributed by atoms with Crippen LogP contribution in [0.3, 0.4) is 0 Å². The van der Waals surface area contributed by atoms with Crippen molar-refractivity contribution >= 4 is 20.9 Å². The summed E-state index contributed by atoms with van der Waals surface area (Å²) in [6.45, 7) is 2.00. The maximum atomic E-state index is 11.2. The Balaban J connectivity index is 2.85. The molecule has 0 aliphatic rings. The van der Waals surface area contributed by atoms with Crippen molar-refractivity contribution in [2.75, 3.05) is 0 Å². The second-order valence-electron chi connectivity index (χ2n) is 3.64. The second kappa shape index (κ2) is 3.88. The minimum Gasteiger partial charge on any atom is -0.282 e. The molecule has 3 nitrogen and oxygen atoms in total. The minimum absolute atomic E-state index is 0.0275. The van der Waals surface area contributed by atoms with E-state index in [1.807, 2.05) is 25.1 Å². The number of hydrogen-bond acceptors (Lipinski definition) is 2. The Bertz CT molecular complexity index is 630. The van der Waals surface area contributed by atoms with E-state index in [-0.39, 0.29) is 4.90 Å². The Labute approximate surface area is 94.5 Å². The molecule has 0 spiro atoms. The van der Waals surface area contributed by atoms with Crippen molar-refractivity contribution < 1.29 is 13.0 Å². The number of hydrogen-bond donors (Lipinski definition) is 1. The van der Waals surface area contributed by atoms with Crippen LogP contribution >= 0.6 is 0 Å². The van der Waals surface area contributed by atoms with E-state index in [4.69, 9.17) is 4.55 Å². The monoisotopic (exact) mass is 236 g/mol. The third kappa shape index (κ3) is 1.94. The van der Waals surface area contributed by atoms with Crippen molar-refractivity contribution in [1.29, 1.82) is 0 Å². The van der Waals surface area contributed by atoms with E-state index < -0.39 is 10.1 Å². The summed E-state index contributed by atoms with van der Waals surface area (Å²) in [4.78, 5) is -0.0275. The Morgan fingerprint density at radius 2 is 1.94 bits per heavy atom. The summed E-state index contributed by atoms with van der Waals surface area (Å²) in [7, 11) is -4.15. The average molecular weight is 236 g/mol. The van der Waals surface area contributed by atoms with E-state index in [9.17, 15) is 8.42 Å². The number of rotatable bonds is 2. The van der Waals surface area contributed by atoms with Crippen LogP contribution in [-0.4, -0.2) is 13.0 Å². The summed E-state index contributed by atoms with van der Waals surface area (Å²) in [6, 6.07) is 10.5. The van der Waals surface area contributed by atoms with Crippen molar-refractivity contribution in [2.24, 2.45) is 0 Å². The molecule has 2 aromatic carbocycles. The van der Waals surface area contributed by atoms with Gasteiger partial charge in [0.25, 0.3) is 10.1 Å². The maximum absolute atomic E-state index is 11.2. The number of aryl methyl sites for hydroxylation is 1. The van der Waals surface area contributed by atoms with Crippen molar-refractivity contribution in [3.05, 3.63) is 42.0 Å². The van der Waals surface area contributed by atoms with Crippen LogP contribution in [0.2, 0.25) is 0 Å². The van der Waals surface area contributed by atoms with Crippen LogP contribution in [0, 0.1) is 0 Å². The minimum atomic E-state index is -4.15. The topological polar surface area (TPSA) is 54.4 Å². The molecule has 0 bridgehead atoms. The van der Waals surface area contributed by atoms with Gasteiger partial charge in [-0.05, 0) is 29.5 Å². The van der Waals surface area contributed by atoms with E-state index in [1.54, 1.807) is 12.1 Å². The molecule has 0 radical (unpaired) electrons. The van der Waals surface area contributed by atoms with E-state index in [1.165, 1.54) is 6.07 Å². The third-order valence-corrected chi connectivity index (χ3v) is 3.50. The van der Waals surface area contributed by atoms with Gasteiger partial charge in [0.05, 0.1) is 0 Å². The van der Waals surface area contributed by atoms with Gasteiger partial charge in [-0.2, -0.15) is 8.42 Å². The van der Waals surface area contributed by atoms with Crippen LogP contribution in [0.5, 0.6) is 0 Å². The van der Waals surface area contributed by atoms with Gasteiger partial charge in [-0.25, -0.2) is 0 Å². The lowest BCUT2D eigenvalue weighted by Gasteiger charge is -2.05. The summed E-state index contributed by atoms with van der Waals surface area (Å²) in [5, 5.41) is 1.39.